The fourth-order valence-electron chi connectivity index (χ4n) is 6.65. The molecule has 6 aromatic rings. The van der Waals surface area contributed by atoms with Crippen LogP contribution in [0.4, 0.5) is 5.82 Å². The third-order valence-corrected chi connectivity index (χ3v) is 9.78. The molecule has 3 aromatic carbocycles. The smallest absolute Gasteiger partial charge is 0.157 e. The maximum Gasteiger partial charge on any atom is 0.157 e. The summed E-state index contributed by atoms with van der Waals surface area (Å²) in [6.45, 7) is 1.94. The zero-order chi connectivity index (χ0) is 24.6. The summed E-state index contributed by atoms with van der Waals surface area (Å²) in [5.41, 5.74) is 12.8. The first-order valence-corrected chi connectivity index (χ1v) is 13.9. The van der Waals surface area contributed by atoms with Gasteiger partial charge in [-0.1, -0.05) is 72.4 Å². The first kappa shape index (κ1) is 21.5. The average Bonchev–Trinajstić information content (AvgIpc) is 3.61. The van der Waals surface area contributed by atoms with Crippen molar-refractivity contribution < 1.29 is 0 Å². The van der Waals surface area contributed by atoms with Gasteiger partial charge < -0.3 is 10.6 Å². The lowest BCUT2D eigenvalue weighted by atomic mass is 9.73. The van der Waals surface area contributed by atoms with Gasteiger partial charge in [-0.25, -0.2) is 9.97 Å². The molecule has 37 heavy (non-hydrogen) atoms. The van der Waals surface area contributed by atoms with Gasteiger partial charge in [0.05, 0.1) is 11.1 Å². The third-order valence-electron chi connectivity index (χ3n) is 8.67. The molecule has 182 valence electrons. The van der Waals surface area contributed by atoms with Crippen LogP contribution in [-0.4, -0.2) is 27.5 Å². The topological polar surface area (TPSA) is 59.5 Å². The second-order valence-corrected chi connectivity index (χ2v) is 11.7. The van der Waals surface area contributed by atoms with E-state index in [1.807, 2.05) is 6.20 Å². The zero-order valence-electron chi connectivity index (χ0n) is 20.5. The summed E-state index contributed by atoms with van der Waals surface area (Å²) in [7, 11) is 0. The number of nitrogens with two attached hydrogens (primary N) is 1. The Kier molecular flexibility index (Phi) is 4.61. The molecule has 4 heterocycles. The van der Waals surface area contributed by atoms with Gasteiger partial charge in [0.15, 0.2) is 11.5 Å². The van der Waals surface area contributed by atoms with Crippen LogP contribution in [0.15, 0.2) is 94.9 Å². The fraction of sp³-hybridized carbons (Fsp3) is 0.226. The van der Waals surface area contributed by atoms with Crippen molar-refractivity contribution in [2.75, 3.05) is 18.0 Å². The number of nitrogens with zero attached hydrogens (tertiary/aromatic N) is 4. The second kappa shape index (κ2) is 7.94. The van der Waals surface area contributed by atoms with Gasteiger partial charge in [0.25, 0.3) is 0 Å². The molecule has 2 N–H and O–H groups in total. The third kappa shape index (κ3) is 3.15. The van der Waals surface area contributed by atoms with Crippen LogP contribution in [0.2, 0.25) is 0 Å². The Morgan fingerprint density at radius 1 is 0.865 bits per heavy atom. The molecule has 0 radical (unpaired) electrons. The molecule has 0 bridgehead atoms. The van der Waals surface area contributed by atoms with Crippen LogP contribution in [0, 0.1) is 5.41 Å². The SMILES string of the molecule is NC1c2ccccc2CC12CCN(c1nc3ccc(Sc4cccc5ccccc45)c4ncc1n34)CC2. The lowest BCUT2D eigenvalue weighted by molar-refractivity contribution is 0.187. The van der Waals surface area contributed by atoms with Crippen molar-refractivity contribution in [2.45, 2.75) is 35.1 Å². The van der Waals surface area contributed by atoms with E-state index < -0.39 is 0 Å². The van der Waals surface area contributed by atoms with Crippen molar-refractivity contribution in [3.05, 3.63) is 96.2 Å². The van der Waals surface area contributed by atoms with Crippen LogP contribution in [0.25, 0.3) is 27.6 Å². The van der Waals surface area contributed by atoms with Crippen LogP contribution in [0.1, 0.15) is 30.0 Å². The molecule has 2 aliphatic rings. The molecule has 5 nitrogen and oxygen atoms in total. The van der Waals surface area contributed by atoms with Crippen LogP contribution in [0.3, 0.4) is 0 Å². The summed E-state index contributed by atoms with van der Waals surface area (Å²) >= 11 is 1.78. The summed E-state index contributed by atoms with van der Waals surface area (Å²) < 4.78 is 2.23. The summed E-state index contributed by atoms with van der Waals surface area (Å²) in [5, 5.41) is 2.53. The molecule has 1 atom stereocenters. The van der Waals surface area contributed by atoms with E-state index in [1.165, 1.54) is 26.8 Å². The maximum atomic E-state index is 6.82. The number of rotatable bonds is 3. The Labute approximate surface area is 219 Å². The van der Waals surface area contributed by atoms with E-state index >= 15 is 0 Å². The van der Waals surface area contributed by atoms with Crippen LogP contribution in [-0.2, 0) is 6.42 Å². The number of fused-ring (bicyclic) bond motifs is 2. The molecule has 3 aromatic heterocycles. The Morgan fingerprint density at radius 3 is 2.57 bits per heavy atom. The van der Waals surface area contributed by atoms with Gasteiger partial charge >= 0.3 is 0 Å². The molecular weight excluding hydrogens is 474 g/mol. The van der Waals surface area contributed by atoms with Crippen molar-refractivity contribution in [1.29, 1.82) is 0 Å². The second-order valence-electron chi connectivity index (χ2n) is 10.6. The maximum absolute atomic E-state index is 6.82. The molecule has 1 saturated heterocycles. The number of hydrogen-bond acceptors (Lipinski definition) is 5. The van der Waals surface area contributed by atoms with Crippen molar-refractivity contribution in [3.63, 3.8) is 0 Å². The summed E-state index contributed by atoms with van der Waals surface area (Å²) in [5.74, 6) is 1.05. The lowest BCUT2D eigenvalue weighted by Crippen LogP contribution is -2.44. The van der Waals surface area contributed by atoms with Gasteiger partial charge in [-0.3, -0.25) is 4.40 Å². The van der Waals surface area contributed by atoms with Gasteiger partial charge in [-0.05, 0) is 64.8 Å². The van der Waals surface area contributed by atoms with Crippen LogP contribution < -0.4 is 10.6 Å². The number of anilines is 1. The van der Waals surface area contributed by atoms with E-state index in [-0.39, 0.29) is 11.5 Å². The molecule has 1 spiro atoms. The van der Waals surface area contributed by atoms with Gasteiger partial charge in [0.2, 0.25) is 0 Å². The van der Waals surface area contributed by atoms with Gasteiger partial charge in [0, 0.05) is 24.0 Å². The molecule has 0 saturated carbocycles. The van der Waals surface area contributed by atoms with Crippen LogP contribution >= 0.6 is 11.8 Å². The fourth-order valence-corrected chi connectivity index (χ4v) is 7.70. The first-order valence-electron chi connectivity index (χ1n) is 13.0. The quantitative estimate of drug-likeness (QED) is 0.301. The molecule has 1 aliphatic carbocycles. The minimum Gasteiger partial charge on any atom is -0.355 e. The average molecular weight is 502 g/mol. The highest BCUT2D eigenvalue weighted by Gasteiger charge is 2.46. The van der Waals surface area contributed by atoms with E-state index in [4.69, 9.17) is 15.7 Å². The molecule has 1 unspecified atom stereocenters. The van der Waals surface area contributed by atoms with Crippen molar-refractivity contribution in [3.8, 4) is 0 Å². The van der Waals surface area contributed by atoms with E-state index in [1.54, 1.807) is 11.8 Å². The molecule has 6 heteroatoms. The Bertz CT molecular complexity index is 1780. The molecule has 1 fully saturated rings. The predicted molar refractivity (Wildman–Crippen MR) is 151 cm³/mol. The van der Waals surface area contributed by atoms with Gasteiger partial charge in [-0.2, -0.15) is 0 Å². The van der Waals surface area contributed by atoms with E-state index in [2.05, 4.69) is 88.2 Å². The Balaban J connectivity index is 1.10. The van der Waals surface area contributed by atoms with Crippen LogP contribution in [0.5, 0.6) is 0 Å². The van der Waals surface area contributed by atoms with E-state index in [0.29, 0.717) is 0 Å². The first-order chi connectivity index (χ1) is 18.2. The van der Waals surface area contributed by atoms with Crippen molar-refractivity contribution >= 4 is 45.2 Å². The molecule has 8 rings (SSSR count). The zero-order valence-corrected chi connectivity index (χ0v) is 21.3. The summed E-state index contributed by atoms with van der Waals surface area (Å²) in [4.78, 5) is 14.8. The minimum absolute atomic E-state index is 0.129. The minimum atomic E-state index is 0.129. The standard InChI is InChI=1S/C31H27N5S/c32-28-23-10-4-2-7-21(23)18-31(28)14-16-35(17-15-31)29-24-19-33-30-26(12-13-27(34-29)36(24)30)37-25-11-5-8-20-6-1-3-9-22(20)25/h1-13,19,28H,14-18,32H2. The number of benzene rings is 3. The normalized spacial score (nSPS) is 18.9. The highest BCUT2D eigenvalue weighted by Crippen LogP contribution is 2.51. The number of imidazole rings is 2. The Hall–Kier alpha value is -3.61. The summed E-state index contributed by atoms with van der Waals surface area (Å²) in [6.07, 6.45) is 5.26. The summed E-state index contributed by atoms with van der Waals surface area (Å²) in [6, 6.07) is 28.2. The highest BCUT2D eigenvalue weighted by atomic mass is 32.2. The molecular formula is C31H27N5S. The molecule has 1 aliphatic heterocycles. The predicted octanol–water partition coefficient (Wildman–Crippen LogP) is 6.47. The van der Waals surface area contributed by atoms with E-state index in [9.17, 15) is 0 Å². The number of hydrogen-bond donors (Lipinski definition) is 1. The largest absolute Gasteiger partial charge is 0.355 e. The van der Waals surface area contributed by atoms with Gasteiger partial charge in [-0.15, -0.1) is 0 Å². The van der Waals surface area contributed by atoms with Crippen molar-refractivity contribution in [2.24, 2.45) is 11.1 Å². The lowest BCUT2D eigenvalue weighted by Gasteiger charge is -2.42. The number of piperidine rings is 1. The number of pyridine rings is 1. The van der Waals surface area contributed by atoms with Crippen molar-refractivity contribution in [1.82, 2.24) is 14.4 Å². The Morgan fingerprint density at radius 2 is 1.68 bits per heavy atom. The van der Waals surface area contributed by atoms with E-state index in [0.717, 1.165) is 59.9 Å². The highest BCUT2D eigenvalue weighted by molar-refractivity contribution is 7.99. The monoisotopic (exact) mass is 501 g/mol. The number of aromatic nitrogens is 3. The van der Waals surface area contributed by atoms with Gasteiger partial charge in [0.1, 0.15) is 11.2 Å². The molecule has 0 amide bonds.